The smallest absolute Gasteiger partial charge is 0.171 e. The van der Waals surface area contributed by atoms with Gasteiger partial charge in [-0.25, -0.2) is 0 Å². The van der Waals surface area contributed by atoms with Crippen molar-refractivity contribution in [3.63, 3.8) is 0 Å². The Kier molecular flexibility index (Phi) is 7.13. The summed E-state index contributed by atoms with van der Waals surface area (Å²) in [5.41, 5.74) is 1.50. The highest BCUT2D eigenvalue weighted by molar-refractivity contribution is 5.12. The summed E-state index contributed by atoms with van der Waals surface area (Å²) in [7, 11) is 0. The fourth-order valence-electron chi connectivity index (χ4n) is 5.91. The van der Waals surface area contributed by atoms with E-state index in [0.717, 1.165) is 37.0 Å². The van der Waals surface area contributed by atoms with Gasteiger partial charge in [0.15, 0.2) is 0 Å². The van der Waals surface area contributed by atoms with E-state index in [1.54, 1.807) is 0 Å². The number of unbranched alkanes of at least 4 members (excludes halogenated alkanes) is 1. The predicted molar refractivity (Wildman–Crippen MR) is 102 cm³/mol. The molecule has 2 fully saturated rings. The summed E-state index contributed by atoms with van der Waals surface area (Å²) < 4.78 is 38.5. The lowest BCUT2D eigenvalue weighted by molar-refractivity contribution is -0.183. The van der Waals surface area contributed by atoms with Crippen LogP contribution in [0.3, 0.4) is 0 Å². The molecule has 0 bridgehead atoms. The third kappa shape index (κ3) is 5.29. The molecule has 0 aromatic heterocycles. The molecule has 0 N–H and O–H groups in total. The maximum absolute atomic E-state index is 12.8. The summed E-state index contributed by atoms with van der Waals surface area (Å²) in [5.74, 6) is 2.13. The zero-order valence-corrected chi connectivity index (χ0v) is 16.5. The first kappa shape index (κ1) is 20.3. The fourth-order valence-corrected chi connectivity index (χ4v) is 5.91. The van der Waals surface area contributed by atoms with Gasteiger partial charge in [-0.1, -0.05) is 50.7 Å². The zero-order chi connectivity index (χ0) is 18.6. The van der Waals surface area contributed by atoms with E-state index in [0.29, 0.717) is 18.8 Å². The molecule has 0 aromatic carbocycles. The molecule has 0 amide bonds. The van der Waals surface area contributed by atoms with Crippen LogP contribution in [-0.4, -0.2) is 6.18 Å². The molecule has 26 heavy (non-hydrogen) atoms. The van der Waals surface area contributed by atoms with Crippen LogP contribution in [0.5, 0.6) is 0 Å². The van der Waals surface area contributed by atoms with E-state index in [-0.39, 0.29) is 0 Å². The Morgan fingerprint density at radius 3 is 2.12 bits per heavy atom. The molecule has 150 valence electrons. The Labute approximate surface area is 158 Å². The topological polar surface area (TPSA) is 0 Å². The standard InChI is InChI=1S/C23H37F3/c1-2-3-4-17-5-7-18(8-6-17)19-9-11-20(12-10-19)21-13-15-22(16-14-21)23(24,25)26/h11,17-19,21-22H,2-10,12-16H2,1H3. The number of rotatable bonds is 5. The van der Waals surface area contributed by atoms with Gasteiger partial charge in [0.1, 0.15) is 0 Å². The van der Waals surface area contributed by atoms with Crippen LogP contribution >= 0.6 is 0 Å². The molecule has 3 aliphatic carbocycles. The Morgan fingerprint density at radius 1 is 0.885 bits per heavy atom. The van der Waals surface area contributed by atoms with Crippen LogP contribution in [0.25, 0.3) is 0 Å². The maximum Gasteiger partial charge on any atom is 0.391 e. The average Bonchev–Trinajstić information content (AvgIpc) is 2.66. The molecule has 0 spiro atoms. The van der Waals surface area contributed by atoms with Crippen molar-refractivity contribution in [2.45, 2.75) is 103 Å². The van der Waals surface area contributed by atoms with Gasteiger partial charge in [0.05, 0.1) is 5.92 Å². The number of halogens is 3. The second-order valence-corrected chi connectivity index (χ2v) is 9.33. The van der Waals surface area contributed by atoms with E-state index >= 15 is 0 Å². The maximum atomic E-state index is 12.8. The van der Waals surface area contributed by atoms with Gasteiger partial charge >= 0.3 is 6.18 Å². The summed E-state index contributed by atoms with van der Waals surface area (Å²) in [4.78, 5) is 0. The zero-order valence-electron chi connectivity index (χ0n) is 16.5. The van der Waals surface area contributed by atoms with Crippen molar-refractivity contribution in [1.82, 2.24) is 0 Å². The molecular weight excluding hydrogens is 333 g/mol. The summed E-state index contributed by atoms with van der Waals surface area (Å²) in [5, 5.41) is 0. The van der Waals surface area contributed by atoms with Crippen molar-refractivity contribution in [2.75, 3.05) is 0 Å². The van der Waals surface area contributed by atoms with Gasteiger partial charge in [0.2, 0.25) is 0 Å². The molecule has 3 aliphatic rings. The van der Waals surface area contributed by atoms with E-state index in [1.807, 2.05) is 0 Å². The van der Waals surface area contributed by atoms with E-state index in [9.17, 15) is 13.2 Å². The average molecular weight is 371 g/mol. The van der Waals surface area contributed by atoms with Crippen molar-refractivity contribution >= 4 is 0 Å². The molecule has 2 saturated carbocycles. The minimum atomic E-state index is -3.98. The van der Waals surface area contributed by atoms with Crippen molar-refractivity contribution < 1.29 is 13.2 Å². The highest BCUT2D eigenvalue weighted by Crippen LogP contribution is 2.46. The Hall–Kier alpha value is -0.470. The fraction of sp³-hybridized carbons (Fsp3) is 0.913. The molecule has 0 nitrogen and oxygen atoms in total. The van der Waals surface area contributed by atoms with E-state index in [4.69, 9.17) is 0 Å². The van der Waals surface area contributed by atoms with Crippen molar-refractivity contribution in [2.24, 2.45) is 29.6 Å². The molecule has 0 radical (unpaired) electrons. The van der Waals surface area contributed by atoms with Crippen LogP contribution in [0, 0.1) is 29.6 Å². The number of hydrogen-bond donors (Lipinski definition) is 0. The van der Waals surface area contributed by atoms with E-state index < -0.39 is 12.1 Å². The third-order valence-electron chi connectivity index (χ3n) is 7.73. The largest absolute Gasteiger partial charge is 0.391 e. The summed E-state index contributed by atoms with van der Waals surface area (Å²) in [6.45, 7) is 2.28. The molecule has 1 unspecified atom stereocenters. The van der Waals surface area contributed by atoms with Crippen LogP contribution in [0.15, 0.2) is 11.6 Å². The lowest BCUT2D eigenvalue weighted by Gasteiger charge is -2.37. The van der Waals surface area contributed by atoms with Crippen LogP contribution in [0.4, 0.5) is 13.2 Å². The van der Waals surface area contributed by atoms with Crippen LogP contribution in [-0.2, 0) is 0 Å². The third-order valence-corrected chi connectivity index (χ3v) is 7.73. The second-order valence-electron chi connectivity index (χ2n) is 9.33. The van der Waals surface area contributed by atoms with Gasteiger partial charge in [0, 0.05) is 0 Å². The molecule has 0 saturated heterocycles. The van der Waals surface area contributed by atoms with Crippen LogP contribution < -0.4 is 0 Å². The summed E-state index contributed by atoms with van der Waals surface area (Å²) in [6, 6.07) is 0. The first-order chi connectivity index (χ1) is 12.5. The van der Waals surface area contributed by atoms with E-state index in [1.165, 1.54) is 63.4 Å². The minimum Gasteiger partial charge on any atom is -0.171 e. The number of alkyl halides is 3. The highest BCUT2D eigenvalue weighted by Gasteiger charge is 2.42. The molecular formula is C23H37F3. The Morgan fingerprint density at radius 2 is 1.58 bits per heavy atom. The van der Waals surface area contributed by atoms with Crippen molar-refractivity contribution in [3.8, 4) is 0 Å². The quantitative estimate of drug-likeness (QED) is 0.429. The molecule has 0 aliphatic heterocycles. The number of hydrogen-bond acceptors (Lipinski definition) is 0. The van der Waals surface area contributed by atoms with Crippen LogP contribution in [0.2, 0.25) is 0 Å². The Balaban J connectivity index is 1.42. The second kappa shape index (κ2) is 9.15. The monoisotopic (exact) mass is 370 g/mol. The molecule has 0 aromatic rings. The lowest BCUT2D eigenvalue weighted by Crippen LogP contribution is -2.29. The van der Waals surface area contributed by atoms with Crippen molar-refractivity contribution in [1.29, 1.82) is 0 Å². The van der Waals surface area contributed by atoms with Gasteiger partial charge in [-0.3, -0.25) is 0 Å². The first-order valence-electron chi connectivity index (χ1n) is 11.2. The summed E-state index contributed by atoms with van der Waals surface area (Å²) >= 11 is 0. The van der Waals surface area contributed by atoms with Gasteiger partial charge < -0.3 is 0 Å². The Bertz CT molecular complexity index is 449. The summed E-state index contributed by atoms with van der Waals surface area (Å²) in [6.07, 6.45) is 14.1. The SMILES string of the molecule is CCCCC1CCC(C2CC=C(C3CCC(C(F)(F)F)CC3)CC2)CC1. The first-order valence-corrected chi connectivity index (χ1v) is 11.2. The minimum absolute atomic E-state index is 0.344. The molecule has 3 rings (SSSR count). The number of allylic oxidation sites excluding steroid dienone is 2. The van der Waals surface area contributed by atoms with Gasteiger partial charge in [0.25, 0.3) is 0 Å². The highest BCUT2D eigenvalue weighted by atomic mass is 19.4. The van der Waals surface area contributed by atoms with Gasteiger partial charge in [-0.15, -0.1) is 0 Å². The molecule has 1 atom stereocenters. The molecule has 0 heterocycles. The van der Waals surface area contributed by atoms with Crippen LogP contribution in [0.1, 0.15) is 96.8 Å². The van der Waals surface area contributed by atoms with Gasteiger partial charge in [-0.2, -0.15) is 13.2 Å². The van der Waals surface area contributed by atoms with Crippen molar-refractivity contribution in [3.05, 3.63) is 11.6 Å². The normalized spacial score (nSPS) is 36.6. The van der Waals surface area contributed by atoms with Gasteiger partial charge in [-0.05, 0) is 81.5 Å². The molecule has 3 heteroatoms. The van der Waals surface area contributed by atoms with E-state index in [2.05, 4.69) is 13.0 Å². The predicted octanol–water partition coefficient (Wildman–Crippen LogP) is 8.08. The lowest BCUT2D eigenvalue weighted by atomic mass is 9.68.